The molecule has 0 spiro atoms. The molecule has 2 rings (SSSR count). The fraction of sp³-hybridized carbons (Fsp3) is 0.500. The molecule has 2 atom stereocenters. The topological polar surface area (TPSA) is 37.9 Å². The predicted molar refractivity (Wildman–Crippen MR) is 46.1 cm³/mol. The number of hydrogen-bond donors (Lipinski definition) is 1. The summed E-state index contributed by atoms with van der Waals surface area (Å²) in [5.74, 6) is 0.267. The second-order valence-electron chi connectivity index (χ2n) is 2.86. The summed E-state index contributed by atoms with van der Waals surface area (Å²) in [6.07, 6.45) is 3.82. The smallest absolute Gasteiger partial charge is 0.0633 e. The summed E-state index contributed by atoms with van der Waals surface area (Å²) >= 11 is 5.91. The lowest BCUT2D eigenvalue weighted by molar-refractivity contribution is 0.105. The Balaban J connectivity index is 2.04. The Morgan fingerprint density at radius 2 is 2.50 bits per heavy atom. The molecule has 1 fully saturated rings. The zero-order valence-electron chi connectivity index (χ0n) is 6.53. The quantitative estimate of drug-likeness (QED) is 0.671. The van der Waals surface area contributed by atoms with Crippen LogP contribution in [-0.4, -0.2) is 28.8 Å². The third kappa shape index (κ3) is 1.62. The van der Waals surface area contributed by atoms with Crippen LogP contribution < -0.4 is 0 Å². The summed E-state index contributed by atoms with van der Waals surface area (Å²) in [4.78, 5) is 0. The summed E-state index contributed by atoms with van der Waals surface area (Å²) in [7, 11) is 0. The van der Waals surface area contributed by atoms with Gasteiger partial charge in [-0.3, -0.25) is 5.10 Å². The van der Waals surface area contributed by atoms with Crippen molar-refractivity contribution in [1.29, 1.82) is 0 Å². The Labute approximate surface area is 76.1 Å². The first-order valence-electron chi connectivity index (χ1n) is 3.92. The number of H-pyrrole nitrogens is 1. The first-order chi connectivity index (χ1) is 5.86. The molecule has 0 bridgehead atoms. The maximum Gasteiger partial charge on any atom is 0.0633 e. The fourth-order valence-electron chi connectivity index (χ4n) is 1.34. The van der Waals surface area contributed by atoms with Gasteiger partial charge in [-0.15, -0.1) is 11.6 Å². The minimum absolute atomic E-state index is 0.0204. The van der Waals surface area contributed by atoms with Crippen LogP contribution in [0.4, 0.5) is 0 Å². The van der Waals surface area contributed by atoms with E-state index in [-0.39, 0.29) is 11.3 Å². The number of nitrogens with one attached hydrogen (secondary N) is 1. The van der Waals surface area contributed by atoms with Gasteiger partial charge in [-0.25, -0.2) is 0 Å². The van der Waals surface area contributed by atoms with E-state index in [9.17, 15) is 0 Å². The number of ether oxygens (including phenoxy) is 1. The lowest BCUT2D eigenvalue weighted by atomic mass is 9.99. The summed E-state index contributed by atoms with van der Waals surface area (Å²) < 4.78 is 5.31. The van der Waals surface area contributed by atoms with E-state index in [4.69, 9.17) is 16.3 Å². The highest BCUT2D eigenvalue weighted by molar-refractivity contribution is 6.21. The molecule has 0 saturated carbocycles. The van der Waals surface area contributed by atoms with Crippen molar-refractivity contribution in [2.75, 3.05) is 13.2 Å². The Kier molecular flexibility index (Phi) is 2.33. The summed E-state index contributed by atoms with van der Waals surface area (Å²) in [5.41, 5.74) is 1.07. The molecule has 2 heterocycles. The largest absolute Gasteiger partial charge is 0.379 e. The molecule has 4 heteroatoms. The van der Waals surface area contributed by atoms with E-state index in [1.807, 2.05) is 6.07 Å². The molecule has 1 radical (unpaired) electrons. The molecule has 2 unspecified atom stereocenters. The Hall–Kier alpha value is -0.540. The highest BCUT2D eigenvalue weighted by Crippen LogP contribution is 2.25. The van der Waals surface area contributed by atoms with Crippen LogP contribution in [0.25, 0.3) is 0 Å². The highest BCUT2D eigenvalue weighted by Gasteiger charge is 2.23. The van der Waals surface area contributed by atoms with Crippen molar-refractivity contribution in [2.45, 2.75) is 11.3 Å². The summed E-state index contributed by atoms with van der Waals surface area (Å²) in [5, 5.41) is 6.81. The molecule has 0 amide bonds. The van der Waals surface area contributed by atoms with Gasteiger partial charge >= 0.3 is 0 Å². The molecule has 1 aliphatic heterocycles. The second-order valence-corrected chi connectivity index (χ2v) is 3.42. The number of aromatic nitrogens is 2. The van der Waals surface area contributed by atoms with Crippen LogP contribution in [-0.2, 0) is 4.74 Å². The van der Waals surface area contributed by atoms with Crippen molar-refractivity contribution in [3.63, 3.8) is 0 Å². The molecular formula is C8H10ClN2O. The Morgan fingerprint density at radius 3 is 3.17 bits per heavy atom. The van der Waals surface area contributed by atoms with E-state index in [2.05, 4.69) is 16.6 Å². The van der Waals surface area contributed by atoms with Crippen LogP contribution in [0.1, 0.15) is 11.6 Å². The second kappa shape index (κ2) is 3.46. The first-order valence-corrected chi connectivity index (χ1v) is 4.36. The van der Waals surface area contributed by atoms with Crippen molar-refractivity contribution in [3.05, 3.63) is 24.4 Å². The molecule has 0 aromatic carbocycles. The normalized spacial score (nSPS) is 30.4. The van der Waals surface area contributed by atoms with Gasteiger partial charge in [0.25, 0.3) is 0 Å². The molecule has 65 valence electrons. The van der Waals surface area contributed by atoms with E-state index < -0.39 is 0 Å². The van der Waals surface area contributed by atoms with Gasteiger partial charge in [0.05, 0.1) is 18.6 Å². The number of aromatic amines is 1. The number of halogens is 1. The van der Waals surface area contributed by atoms with E-state index in [1.54, 1.807) is 6.20 Å². The average Bonchev–Trinajstić information content (AvgIpc) is 2.56. The maximum absolute atomic E-state index is 5.91. The monoisotopic (exact) mass is 185 g/mol. The van der Waals surface area contributed by atoms with Crippen LogP contribution in [0.3, 0.4) is 0 Å². The standard InChI is InChI=1S/C8H10ClN2O/c9-7-3-6(4-12-5-7)8-1-2-10-11-8/h1-3,6-7H,4-5H2,(H,10,11). The zero-order chi connectivity index (χ0) is 8.39. The molecule has 12 heavy (non-hydrogen) atoms. The van der Waals surface area contributed by atoms with Crippen LogP contribution in [0.2, 0.25) is 0 Å². The molecule has 1 aliphatic rings. The number of nitrogens with zero attached hydrogens (tertiary/aromatic N) is 1. The maximum atomic E-state index is 5.91. The van der Waals surface area contributed by atoms with Gasteiger partial charge < -0.3 is 4.74 Å². The number of alkyl halides is 1. The van der Waals surface area contributed by atoms with E-state index in [0.717, 1.165) is 5.69 Å². The zero-order valence-corrected chi connectivity index (χ0v) is 7.29. The van der Waals surface area contributed by atoms with Gasteiger partial charge in [-0.05, 0) is 12.5 Å². The van der Waals surface area contributed by atoms with Gasteiger partial charge in [0, 0.05) is 17.8 Å². The molecule has 1 aromatic heterocycles. The van der Waals surface area contributed by atoms with Crippen LogP contribution >= 0.6 is 11.6 Å². The number of hydrogen-bond acceptors (Lipinski definition) is 2. The van der Waals surface area contributed by atoms with Crippen molar-refractivity contribution >= 4 is 11.6 Å². The minimum atomic E-state index is 0.0204. The van der Waals surface area contributed by atoms with Crippen LogP contribution in [0, 0.1) is 6.42 Å². The van der Waals surface area contributed by atoms with Crippen molar-refractivity contribution in [2.24, 2.45) is 0 Å². The van der Waals surface area contributed by atoms with Crippen LogP contribution in [0.15, 0.2) is 12.3 Å². The highest BCUT2D eigenvalue weighted by atomic mass is 35.5. The van der Waals surface area contributed by atoms with Gasteiger partial charge in [0.2, 0.25) is 0 Å². The van der Waals surface area contributed by atoms with E-state index in [1.165, 1.54) is 0 Å². The molecule has 1 saturated heterocycles. The van der Waals surface area contributed by atoms with Gasteiger partial charge in [-0.1, -0.05) is 0 Å². The van der Waals surface area contributed by atoms with Crippen molar-refractivity contribution in [1.82, 2.24) is 10.2 Å². The third-order valence-electron chi connectivity index (χ3n) is 1.94. The van der Waals surface area contributed by atoms with Gasteiger partial charge in [0.1, 0.15) is 0 Å². The third-order valence-corrected chi connectivity index (χ3v) is 2.21. The van der Waals surface area contributed by atoms with Crippen molar-refractivity contribution in [3.8, 4) is 0 Å². The lowest BCUT2D eigenvalue weighted by Crippen LogP contribution is -2.25. The van der Waals surface area contributed by atoms with Gasteiger partial charge in [-0.2, -0.15) is 5.10 Å². The summed E-state index contributed by atoms with van der Waals surface area (Å²) in [6, 6.07) is 1.94. The number of rotatable bonds is 1. The molecule has 0 aliphatic carbocycles. The van der Waals surface area contributed by atoms with Gasteiger partial charge in [0.15, 0.2) is 0 Å². The van der Waals surface area contributed by atoms with E-state index in [0.29, 0.717) is 13.2 Å². The molecule has 1 aromatic rings. The first kappa shape index (κ1) is 8.08. The minimum Gasteiger partial charge on any atom is -0.379 e. The lowest BCUT2D eigenvalue weighted by Gasteiger charge is -2.24. The fourth-order valence-corrected chi connectivity index (χ4v) is 1.60. The Bertz CT molecular complexity index is 237. The SMILES string of the molecule is ClC1[CH]C(c2ccn[nH]2)COC1. The Morgan fingerprint density at radius 1 is 1.58 bits per heavy atom. The summed E-state index contributed by atoms with van der Waals surface area (Å²) in [6.45, 7) is 1.32. The average molecular weight is 186 g/mol. The molecular weight excluding hydrogens is 176 g/mol. The molecule has 3 nitrogen and oxygen atoms in total. The van der Waals surface area contributed by atoms with Crippen LogP contribution in [0.5, 0.6) is 0 Å². The predicted octanol–water partition coefficient (Wildman–Crippen LogP) is 1.34. The van der Waals surface area contributed by atoms with E-state index >= 15 is 0 Å². The van der Waals surface area contributed by atoms with Crippen molar-refractivity contribution < 1.29 is 4.74 Å². The molecule has 1 N–H and O–H groups in total.